The molecule has 1 saturated heterocycles. The average molecular weight is 449 g/mol. The summed E-state index contributed by atoms with van der Waals surface area (Å²) < 4.78 is 33.7. The number of ether oxygens (including phenoxy) is 1. The Bertz CT molecular complexity index is 1150. The fraction of sp³-hybridized carbons (Fsp3) is 0.333. The number of nitrogens with zero attached hydrogens (tertiary/aromatic N) is 6. The molecule has 0 aromatic carbocycles. The first-order valence-corrected chi connectivity index (χ1v) is 11.5. The molecule has 0 unspecified atom stereocenters. The van der Waals surface area contributed by atoms with Gasteiger partial charge >= 0.3 is 5.97 Å². The monoisotopic (exact) mass is 448 g/mol. The molecule has 0 amide bonds. The number of piperazine rings is 1. The van der Waals surface area contributed by atoms with Crippen LogP contribution < -0.4 is 4.90 Å². The second kappa shape index (κ2) is 8.13. The minimum Gasteiger partial charge on any atom is -0.465 e. The summed E-state index contributed by atoms with van der Waals surface area (Å²) in [5.41, 5.74) is 0.888. The molecule has 0 spiro atoms. The molecule has 3 aromatic rings. The molecule has 0 saturated carbocycles. The number of aromatic nitrogens is 4. The van der Waals surface area contributed by atoms with Crippen LogP contribution in [0.15, 0.2) is 40.7 Å². The average Bonchev–Trinajstić information content (AvgIpc) is 3.43. The van der Waals surface area contributed by atoms with Crippen LogP contribution in [-0.4, -0.2) is 72.0 Å². The molecule has 10 nitrogen and oxygen atoms in total. The third-order valence-electron chi connectivity index (χ3n) is 4.77. The summed E-state index contributed by atoms with van der Waals surface area (Å²) in [7, 11) is -2.55. The van der Waals surface area contributed by atoms with Gasteiger partial charge in [0.05, 0.1) is 12.8 Å². The maximum absolute atomic E-state index is 13.0. The van der Waals surface area contributed by atoms with E-state index in [1.165, 1.54) is 17.5 Å². The first kappa shape index (κ1) is 20.4. The lowest BCUT2D eigenvalue weighted by Crippen LogP contribution is -2.49. The summed E-state index contributed by atoms with van der Waals surface area (Å²) in [6.07, 6.45) is 1.82. The quantitative estimate of drug-likeness (QED) is 0.538. The highest BCUT2D eigenvalue weighted by Gasteiger charge is 2.33. The molecule has 0 aliphatic carbocycles. The summed E-state index contributed by atoms with van der Waals surface area (Å²) in [6, 6.07) is 7.00. The minimum atomic E-state index is -3.78. The standard InChI is InChI=1S/C18H20N6O4S2/c1-13-5-7-24(21-13)16-4-3-15(19-20-16)22-8-10-23(11-9-22)30(26,27)14-6-12-29-17(14)18(25)28-2/h3-7,12H,8-11H2,1-2H3. The molecule has 30 heavy (non-hydrogen) atoms. The van der Waals surface area contributed by atoms with Crippen molar-refractivity contribution in [1.29, 1.82) is 0 Å². The Morgan fingerprint density at radius 1 is 1.07 bits per heavy atom. The van der Waals surface area contributed by atoms with Crippen molar-refractivity contribution in [1.82, 2.24) is 24.3 Å². The second-order valence-electron chi connectivity index (χ2n) is 6.65. The number of carbonyl (C=O) groups excluding carboxylic acids is 1. The maximum atomic E-state index is 13.0. The van der Waals surface area contributed by atoms with Gasteiger partial charge in [-0.05, 0) is 36.6 Å². The van der Waals surface area contributed by atoms with Crippen molar-refractivity contribution in [2.75, 3.05) is 38.2 Å². The van der Waals surface area contributed by atoms with E-state index < -0.39 is 16.0 Å². The highest BCUT2D eigenvalue weighted by molar-refractivity contribution is 7.89. The molecule has 0 radical (unpaired) electrons. The molecule has 1 aliphatic heterocycles. The Morgan fingerprint density at radius 2 is 1.77 bits per heavy atom. The van der Waals surface area contributed by atoms with E-state index in [4.69, 9.17) is 4.74 Å². The van der Waals surface area contributed by atoms with Gasteiger partial charge in [0.15, 0.2) is 11.6 Å². The van der Waals surface area contributed by atoms with Gasteiger partial charge in [0, 0.05) is 32.4 Å². The number of hydrogen-bond donors (Lipinski definition) is 0. The van der Waals surface area contributed by atoms with Crippen molar-refractivity contribution in [3.8, 4) is 5.82 Å². The Labute approximate surface area is 177 Å². The van der Waals surface area contributed by atoms with Crippen LogP contribution in [0.25, 0.3) is 5.82 Å². The van der Waals surface area contributed by atoms with Crippen molar-refractivity contribution in [2.45, 2.75) is 11.8 Å². The predicted octanol–water partition coefficient (Wildman–Crippen LogP) is 1.33. The Morgan fingerprint density at radius 3 is 2.37 bits per heavy atom. The zero-order valence-corrected chi connectivity index (χ0v) is 18.1. The van der Waals surface area contributed by atoms with Crippen LogP contribution in [0.2, 0.25) is 0 Å². The summed E-state index contributed by atoms with van der Waals surface area (Å²) in [5, 5.41) is 14.4. The Balaban J connectivity index is 1.45. The zero-order valence-electron chi connectivity index (χ0n) is 16.4. The van der Waals surface area contributed by atoms with Gasteiger partial charge < -0.3 is 9.64 Å². The minimum absolute atomic E-state index is 0.00791. The Hall–Kier alpha value is -2.83. The van der Waals surface area contributed by atoms with Gasteiger partial charge in [-0.25, -0.2) is 17.9 Å². The number of sulfonamides is 1. The number of hydrogen-bond acceptors (Lipinski definition) is 9. The number of rotatable bonds is 5. The van der Waals surface area contributed by atoms with Crippen molar-refractivity contribution >= 4 is 33.1 Å². The third-order valence-corrected chi connectivity index (χ3v) is 7.74. The number of carbonyl (C=O) groups is 1. The lowest BCUT2D eigenvalue weighted by atomic mass is 10.3. The number of aryl methyl sites for hydroxylation is 1. The predicted molar refractivity (Wildman–Crippen MR) is 111 cm³/mol. The van der Waals surface area contributed by atoms with Crippen molar-refractivity contribution in [3.63, 3.8) is 0 Å². The van der Waals surface area contributed by atoms with E-state index >= 15 is 0 Å². The molecule has 1 aliphatic rings. The molecule has 0 bridgehead atoms. The van der Waals surface area contributed by atoms with Crippen LogP contribution in [0, 0.1) is 6.92 Å². The summed E-state index contributed by atoms with van der Waals surface area (Å²) in [6.45, 7) is 3.38. The van der Waals surface area contributed by atoms with Crippen LogP contribution in [0.1, 0.15) is 15.4 Å². The van der Waals surface area contributed by atoms with Crippen molar-refractivity contribution < 1.29 is 17.9 Å². The molecule has 4 heterocycles. The smallest absolute Gasteiger partial charge is 0.349 e. The number of esters is 1. The number of methoxy groups -OCH3 is 1. The van der Waals surface area contributed by atoms with Crippen LogP contribution in [-0.2, 0) is 14.8 Å². The third kappa shape index (κ3) is 3.80. The van der Waals surface area contributed by atoms with E-state index in [1.807, 2.05) is 36.2 Å². The lowest BCUT2D eigenvalue weighted by molar-refractivity contribution is 0.0602. The van der Waals surface area contributed by atoms with Crippen molar-refractivity contribution in [2.24, 2.45) is 0 Å². The number of thiophene rings is 1. The molecule has 4 rings (SSSR count). The van der Waals surface area contributed by atoms with E-state index in [-0.39, 0.29) is 22.9 Å². The molecule has 158 valence electrons. The summed E-state index contributed by atoms with van der Waals surface area (Å²) >= 11 is 1.06. The number of anilines is 1. The topological polar surface area (TPSA) is 111 Å². The maximum Gasteiger partial charge on any atom is 0.349 e. The summed E-state index contributed by atoms with van der Waals surface area (Å²) in [4.78, 5) is 13.9. The first-order valence-electron chi connectivity index (χ1n) is 9.17. The van der Waals surface area contributed by atoms with E-state index in [2.05, 4.69) is 15.3 Å². The molecular formula is C18H20N6O4S2. The van der Waals surface area contributed by atoms with Gasteiger partial charge in [0.1, 0.15) is 9.77 Å². The van der Waals surface area contributed by atoms with Crippen LogP contribution in [0.4, 0.5) is 5.82 Å². The first-order chi connectivity index (χ1) is 14.4. The van der Waals surface area contributed by atoms with Gasteiger partial charge in [0.25, 0.3) is 0 Å². The van der Waals surface area contributed by atoms with Crippen LogP contribution in [0.5, 0.6) is 0 Å². The largest absolute Gasteiger partial charge is 0.465 e. The van der Waals surface area contributed by atoms with E-state index in [0.29, 0.717) is 24.7 Å². The molecular weight excluding hydrogens is 428 g/mol. The highest BCUT2D eigenvalue weighted by atomic mass is 32.2. The lowest BCUT2D eigenvalue weighted by Gasteiger charge is -2.34. The van der Waals surface area contributed by atoms with Gasteiger partial charge in [-0.3, -0.25) is 0 Å². The van der Waals surface area contributed by atoms with E-state index in [9.17, 15) is 13.2 Å². The van der Waals surface area contributed by atoms with Gasteiger partial charge in [0.2, 0.25) is 10.0 Å². The van der Waals surface area contributed by atoms with E-state index in [0.717, 1.165) is 17.0 Å². The normalized spacial score (nSPS) is 15.3. The SMILES string of the molecule is COC(=O)c1sccc1S(=O)(=O)N1CCN(c2ccc(-n3ccc(C)n3)nn2)CC1. The fourth-order valence-corrected chi connectivity index (χ4v) is 5.92. The van der Waals surface area contributed by atoms with Crippen LogP contribution in [0.3, 0.4) is 0 Å². The van der Waals surface area contributed by atoms with Crippen molar-refractivity contribution in [3.05, 3.63) is 46.4 Å². The molecule has 0 N–H and O–H groups in total. The molecule has 12 heteroatoms. The molecule has 3 aromatic heterocycles. The molecule has 0 atom stereocenters. The Kier molecular flexibility index (Phi) is 5.54. The fourth-order valence-electron chi connectivity index (χ4n) is 3.19. The van der Waals surface area contributed by atoms with Gasteiger partial charge in [-0.1, -0.05) is 0 Å². The summed E-state index contributed by atoms with van der Waals surface area (Å²) in [5.74, 6) is 0.635. The highest BCUT2D eigenvalue weighted by Crippen LogP contribution is 2.27. The van der Waals surface area contributed by atoms with Crippen LogP contribution >= 0.6 is 11.3 Å². The van der Waals surface area contributed by atoms with Gasteiger partial charge in [-0.15, -0.1) is 21.5 Å². The van der Waals surface area contributed by atoms with Gasteiger partial charge in [-0.2, -0.15) is 9.40 Å². The zero-order chi connectivity index (χ0) is 21.3. The van der Waals surface area contributed by atoms with E-state index in [1.54, 1.807) is 10.1 Å². The second-order valence-corrected chi connectivity index (χ2v) is 9.47. The molecule has 1 fully saturated rings.